The van der Waals surface area contributed by atoms with Crippen LogP contribution in [0.4, 0.5) is 0 Å². The molecule has 2 heterocycles. The quantitative estimate of drug-likeness (QED) is 0.694. The Kier molecular flexibility index (Phi) is 1.77. The highest BCUT2D eigenvalue weighted by Crippen LogP contribution is 2.16. The van der Waals surface area contributed by atoms with Crippen LogP contribution in [0.25, 0.3) is 11.4 Å². The SMILES string of the molecule is Cn1cnc(-c2n[nH]nc2C(=O)O)c1. The molecule has 72 valence electrons. The maximum Gasteiger partial charge on any atom is 0.358 e. The molecule has 0 saturated heterocycles. The van der Waals surface area contributed by atoms with Gasteiger partial charge in [0.1, 0.15) is 11.4 Å². The third-order valence-corrected chi connectivity index (χ3v) is 1.70. The third kappa shape index (κ3) is 1.24. The molecular formula is C7H7N5O2. The van der Waals surface area contributed by atoms with Crippen LogP contribution >= 0.6 is 0 Å². The van der Waals surface area contributed by atoms with E-state index in [1.807, 2.05) is 0 Å². The highest BCUT2D eigenvalue weighted by molar-refractivity contribution is 5.91. The van der Waals surface area contributed by atoms with Crippen molar-refractivity contribution in [3.63, 3.8) is 0 Å². The Balaban J connectivity index is 2.51. The van der Waals surface area contributed by atoms with Gasteiger partial charge in [0.15, 0.2) is 5.69 Å². The van der Waals surface area contributed by atoms with Crippen LogP contribution in [0.15, 0.2) is 12.5 Å². The number of aromatic nitrogens is 5. The van der Waals surface area contributed by atoms with Gasteiger partial charge >= 0.3 is 5.97 Å². The molecule has 0 radical (unpaired) electrons. The molecule has 0 aliphatic carbocycles. The van der Waals surface area contributed by atoms with Crippen molar-refractivity contribution < 1.29 is 9.90 Å². The van der Waals surface area contributed by atoms with Crippen LogP contribution in [-0.4, -0.2) is 36.0 Å². The molecule has 7 heteroatoms. The highest BCUT2D eigenvalue weighted by Gasteiger charge is 2.18. The molecule has 2 N–H and O–H groups in total. The Bertz CT molecular complexity index is 472. The monoisotopic (exact) mass is 193 g/mol. The number of carboxylic acids is 1. The minimum absolute atomic E-state index is 0.122. The fourth-order valence-corrected chi connectivity index (χ4v) is 1.09. The van der Waals surface area contributed by atoms with E-state index in [-0.39, 0.29) is 11.4 Å². The van der Waals surface area contributed by atoms with Crippen LogP contribution in [-0.2, 0) is 7.05 Å². The van der Waals surface area contributed by atoms with Crippen molar-refractivity contribution in [2.75, 3.05) is 0 Å². The van der Waals surface area contributed by atoms with Gasteiger partial charge in [0.2, 0.25) is 0 Å². The number of imidazole rings is 1. The van der Waals surface area contributed by atoms with Crippen molar-refractivity contribution in [1.29, 1.82) is 0 Å². The van der Waals surface area contributed by atoms with Crippen LogP contribution in [0.3, 0.4) is 0 Å². The number of aryl methyl sites for hydroxylation is 1. The molecular weight excluding hydrogens is 186 g/mol. The third-order valence-electron chi connectivity index (χ3n) is 1.70. The fourth-order valence-electron chi connectivity index (χ4n) is 1.09. The molecule has 0 aliphatic heterocycles. The molecule has 14 heavy (non-hydrogen) atoms. The summed E-state index contributed by atoms with van der Waals surface area (Å²) in [7, 11) is 1.79. The van der Waals surface area contributed by atoms with Gasteiger partial charge < -0.3 is 9.67 Å². The summed E-state index contributed by atoms with van der Waals surface area (Å²) in [5, 5.41) is 18.3. The first-order valence-corrected chi connectivity index (χ1v) is 3.81. The second-order valence-corrected chi connectivity index (χ2v) is 2.75. The Morgan fingerprint density at radius 3 is 2.93 bits per heavy atom. The lowest BCUT2D eigenvalue weighted by Crippen LogP contribution is -1.99. The summed E-state index contributed by atoms with van der Waals surface area (Å²) in [6.45, 7) is 0. The summed E-state index contributed by atoms with van der Waals surface area (Å²) >= 11 is 0. The van der Waals surface area contributed by atoms with Crippen LogP contribution in [0.1, 0.15) is 10.5 Å². The average Bonchev–Trinajstić information content (AvgIpc) is 2.70. The van der Waals surface area contributed by atoms with Gasteiger partial charge in [0, 0.05) is 13.2 Å². The number of hydrogen-bond acceptors (Lipinski definition) is 4. The summed E-state index contributed by atoms with van der Waals surface area (Å²) in [5.74, 6) is -1.13. The van der Waals surface area contributed by atoms with E-state index in [0.717, 1.165) is 0 Å². The second-order valence-electron chi connectivity index (χ2n) is 2.75. The first-order chi connectivity index (χ1) is 6.68. The van der Waals surface area contributed by atoms with Gasteiger partial charge in [0.05, 0.1) is 6.33 Å². The van der Waals surface area contributed by atoms with Crippen molar-refractivity contribution in [3.8, 4) is 11.4 Å². The van der Waals surface area contributed by atoms with E-state index in [1.54, 1.807) is 24.1 Å². The molecule has 0 atom stereocenters. The summed E-state index contributed by atoms with van der Waals surface area (Å²) in [6.07, 6.45) is 3.24. The molecule has 0 unspecified atom stereocenters. The minimum atomic E-state index is -1.13. The number of carboxylic acid groups (broad SMARTS) is 1. The van der Waals surface area contributed by atoms with E-state index < -0.39 is 5.97 Å². The van der Waals surface area contributed by atoms with Crippen molar-refractivity contribution in [3.05, 3.63) is 18.2 Å². The smallest absolute Gasteiger partial charge is 0.358 e. The minimum Gasteiger partial charge on any atom is -0.476 e. The van der Waals surface area contributed by atoms with Gasteiger partial charge in [-0.3, -0.25) is 0 Å². The Morgan fingerprint density at radius 2 is 2.36 bits per heavy atom. The van der Waals surface area contributed by atoms with Gasteiger partial charge in [-0.25, -0.2) is 9.78 Å². The van der Waals surface area contributed by atoms with Gasteiger partial charge in [-0.15, -0.1) is 5.10 Å². The molecule has 0 bridgehead atoms. The Morgan fingerprint density at radius 1 is 1.57 bits per heavy atom. The molecule has 0 saturated carbocycles. The number of aromatic carboxylic acids is 1. The zero-order valence-electron chi connectivity index (χ0n) is 7.30. The highest BCUT2D eigenvalue weighted by atomic mass is 16.4. The zero-order chi connectivity index (χ0) is 10.1. The van der Waals surface area contributed by atoms with Gasteiger partial charge in [-0.1, -0.05) is 0 Å². The van der Waals surface area contributed by atoms with Crippen LogP contribution in [0.2, 0.25) is 0 Å². The van der Waals surface area contributed by atoms with Crippen LogP contribution < -0.4 is 0 Å². The number of nitrogens with zero attached hydrogens (tertiary/aromatic N) is 4. The summed E-state index contributed by atoms with van der Waals surface area (Å²) in [5.41, 5.74) is 0.612. The van der Waals surface area contributed by atoms with E-state index in [9.17, 15) is 4.79 Å². The largest absolute Gasteiger partial charge is 0.476 e. The summed E-state index contributed by atoms with van der Waals surface area (Å²) in [4.78, 5) is 14.7. The number of H-pyrrole nitrogens is 1. The van der Waals surface area contributed by atoms with E-state index >= 15 is 0 Å². The number of nitrogens with one attached hydrogen (secondary N) is 1. The van der Waals surface area contributed by atoms with Gasteiger partial charge in [-0.05, 0) is 0 Å². The number of hydrogen-bond donors (Lipinski definition) is 2. The summed E-state index contributed by atoms with van der Waals surface area (Å²) < 4.78 is 1.70. The maximum absolute atomic E-state index is 10.7. The maximum atomic E-state index is 10.7. The van der Waals surface area contributed by atoms with Crippen molar-refractivity contribution >= 4 is 5.97 Å². The van der Waals surface area contributed by atoms with E-state index in [1.165, 1.54) is 0 Å². The zero-order valence-corrected chi connectivity index (χ0v) is 7.30. The predicted molar refractivity (Wildman–Crippen MR) is 45.5 cm³/mol. The fraction of sp³-hybridized carbons (Fsp3) is 0.143. The van der Waals surface area contributed by atoms with Crippen molar-refractivity contribution in [2.24, 2.45) is 7.05 Å². The van der Waals surface area contributed by atoms with E-state index in [4.69, 9.17) is 5.11 Å². The Hall–Kier alpha value is -2.18. The molecule has 0 spiro atoms. The molecule has 2 rings (SSSR count). The lowest BCUT2D eigenvalue weighted by atomic mass is 10.2. The van der Waals surface area contributed by atoms with E-state index in [0.29, 0.717) is 5.69 Å². The number of rotatable bonds is 2. The molecule has 7 nitrogen and oxygen atoms in total. The van der Waals surface area contributed by atoms with E-state index in [2.05, 4.69) is 20.4 Å². The van der Waals surface area contributed by atoms with Crippen molar-refractivity contribution in [2.45, 2.75) is 0 Å². The molecule has 0 aromatic carbocycles. The normalized spacial score (nSPS) is 10.4. The van der Waals surface area contributed by atoms with Crippen LogP contribution in [0.5, 0.6) is 0 Å². The molecule has 0 amide bonds. The first kappa shape index (κ1) is 8.42. The van der Waals surface area contributed by atoms with Crippen LogP contribution in [0, 0.1) is 0 Å². The standard InChI is InChI=1S/C7H7N5O2/c1-12-2-4(8-3-12)5-6(7(13)14)10-11-9-5/h2-3H,1H3,(H,13,14)(H,9,10,11). The van der Waals surface area contributed by atoms with Crippen molar-refractivity contribution in [1.82, 2.24) is 25.0 Å². The summed E-state index contributed by atoms with van der Waals surface area (Å²) in [6, 6.07) is 0. The molecule has 2 aromatic heterocycles. The number of carbonyl (C=O) groups is 1. The molecule has 0 aliphatic rings. The van der Waals surface area contributed by atoms with Gasteiger partial charge in [-0.2, -0.15) is 10.3 Å². The molecule has 2 aromatic rings. The Labute approximate surface area is 78.4 Å². The predicted octanol–water partition coefficient (Wildman–Crippen LogP) is -0.0966. The lowest BCUT2D eigenvalue weighted by Gasteiger charge is -1.89. The topological polar surface area (TPSA) is 96.7 Å². The second kappa shape index (κ2) is 2.95. The number of aromatic amines is 1. The van der Waals surface area contributed by atoms with Gasteiger partial charge in [0.25, 0.3) is 0 Å². The molecule has 0 fully saturated rings. The first-order valence-electron chi connectivity index (χ1n) is 3.81. The average molecular weight is 193 g/mol. The lowest BCUT2D eigenvalue weighted by molar-refractivity contribution is 0.0691.